The van der Waals surface area contributed by atoms with E-state index in [1.54, 1.807) is 30.5 Å². The number of piperazine rings is 1. The Hall–Kier alpha value is -3.32. The third-order valence-electron chi connectivity index (χ3n) is 5.17. The second-order valence-electron chi connectivity index (χ2n) is 7.10. The molecule has 1 aliphatic rings. The fourth-order valence-corrected chi connectivity index (χ4v) is 3.67. The second kappa shape index (κ2) is 8.36. The number of hydrogen-bond donors (Lipinski definition) is 0. The van der Waals surface area contributed by atoms with Crippen molar-refractivity contribution in [1.29, 1.82) is 0 Å². The molecule has 0 unspecified atom stereocenters. The van der Waals surface area contributed by atoms with Crippen LogP contribution in [0.3, 0.4) is 0 Å². The number of para-hydroxylation sites is 2. The van der Waals surface area contributed by atoms with Crippen LogP contribution in [0.4, 0.5) is 15.8 Å². The van der Waals surface area contributed by atoms with Crippen LogP contribution >= 0.6 is 0 Å². The van der Waals surface area contributed by atoms with Gasteiger partial charge in [-0.3, -0.25) is 20.0 Å². The van der Waals surface area contributed by atoms with E-state index in [2.05, 4.69) is 20.9 Å². The van der Waals surface area contributed by atoms with E-state index >= 15 is 0 Å². The highest BCUT2D eigenvalue weighted by Crippen LogP contribution is 2.28. The smallest absolute Gasteiger partial charge is 0.292 e. The fourth-order valence-electron chi connectivity index (χ4n) is 3.67. The molecule has 1 fully saturated rings. The van der Waals surface area contributed by atoms with Crippen LogP contribution < -0.4 is 4.90 Å². The summed E-state index contributed by atoms with van der Waals surface area (Å²) in [6.45, 7) is 3.85. The number of hydrogen-bond acceptors (Lipinski definition) is 5. The van der Waals surface area contributed by atoms with Crippen molar-refractivity contribution in [3.63, 3.8) is 0 Å². The average molecular weight is 392 g/mol. The highest BCUT2D eigenvalue weighted by molar-refractivity contribution is 5.64. The van der Waals surface area contributed by atoms with Crippen molar-refractivity contribution in [1.82, 2.24) is 9.88 Å². The summed E-state index contributed by atoms with van der Waals surface area (Å²) >= 11 is 0. The zero-order valence-corrected chi connectivity index (χ0v) is 15.9. The monoisotopic (exact) mass is 392 g/mol. The molecule has 1 aliphatic heterocycles. The predicted octanol–water partition coefficient (Wildman–Crippen LogP) is 4.12. The van der Waals surface area contributed by atoms with Gasteiger partial charge < -0.3 is 4.90 Å². The van der Waals surface area contributed by atoms with Crippen molar-refractivity contribution >= 4 is 11.4 Å². The first-order chi connectivity index (χ1) is 14.1. The molecule has 0 atom stereocenters. The number of aromatic nitrogens is 1. The number of nitro groups is 1. The molecule has 1 saturated heterocycles. The van der Waals surface area contributed by atoms with E-state index in [0.717, 1.165) is 49.4 Å². The van der Waals surface area contributed by atoms with Gasteiger partial charge in [-0.1, -0.05) is 24.3 Å². The minimum atomic E-state index is -0.325. The van der Waals surface area contributed by atoms with E-state index in [1.165, 1.54) is 12.1 Å². The van der Waals surface area contributed by atoms with E-state index in [-0.39, 0.29) is 16.4 Å². The quantitative estimate of drug-likeness (QED) is 0.483. The summed E-state index contributed by atoms with van der Waals surface area (Å²) in [4.78, 5) is 19.7. The molecule has 29 heavy (non-hydrogen) atoms. The lowest BCUT2D eigenvalue weighted by Crippen LogP contribution is -2.46. The van der Waals surface area contributed by atoms with Crippen molar-refractivity contribution < 1.29 is 9.31 Å². The van der Waals surface area contributed by atoms with E-state index in [9.17, 15) is 14.5 Å². The van der Waals surface area contributed by atoms with E-state index in [4.69, 9.17) is 0 Å². The molecule has 0 bridgehead atoms. The summed E-state index contributed by atoms with van der Waals surface area (Å²) in [5, 5.41) is 11.3. The lowest BCUT2D eigenvalue weighted by molar-refractivity contribution is -0.384. The van der Waals surface area contributed by atoms with Crippen molar-refractivity contribution in [2.45, 2.75) is 6.54 Å². The van der Waals surface area contributed by atoms with Gasteiger partial charge in [0.1, 0.15) is 11.5 Å². The average Bonchev–Trinajstić information content (AvgIpc) is 2.75. The molecule has 2 heterocycles. The van der Waals surface area contributed by atoms with Gasteiger partial charge in [0.15, 0.2) is 0 Å². The van der Waals surface area contributed by atoms with Crippen LogP contribution in [0.25, 0.3) is 11.1 Å². The topological polar surface area (TPSA) is 62.5 Å². The molecule has 7 heteroatoms. The maximum Gasteiger partial charge on any atom is 0.292 e. The first-order valence-electron chi connectivity index (χ1n) is 9.51. The first-order valence-corrected chi connectivity index (χ1v) is 9.51. The molecule has 0 saturated carbocycles. The predicted molar refractivity (Wildman–Crippen MR) is 110 cm³/mol. The van der Waals surface area contributed by atoms with Gasteiger partial charge >= 0.3 is 0 Å². The summed E-state index contributed by atoms with van der Waals surface area (Å²) in [6.07, 6.45) is 3.63. The molecule has 148 valence electrons. The summed E-state index contributed by atoms with van der Waals surface area (Å²) in [5.74, 6) is -0.255. The third-order valence-corrected chi connectivity index (χ3v) is 5.17. The summed E-state index contributed by atoms with van der Waals surface area (Å²) in [7, 11) is 0. The summed E-state index contributed by atoms with van der Waals surface area (Å²) in [5.41, 5.74) is 3.81. The molecule has 0 aliphatic carbocycles. The van der Waals surface area contributed by atoms with E-state index < -0.39 is 0 Å². The SMILES string of the molecule is O=[N+]([O-])c1ccccc1N1CCN(Cc2cncc(-c3ccc(F)cc3)c2)CC1. The van der Waals surface area contributed by atoms with Crippen LogP contribution in [-0.4, -0.2) is 41.0 Å². The van der Waals surface area contributed by atoms with Gasteiger partial charge in [-0.25, -0.2) is 4.39 Å². The zero-order chi connectivity index (χ0) is 20.2. The summed E-state index contributed by atoms with van der Waals surface area (Å²) in [6, 6.07) is 15.4. The van der Waals surface area contributed by atoms with Crippen LogP contribution in [0.2, 0.25) is 0 Å². The van der Waals surface area contributed by atoms with Crippen molar-refractivity contribution in [2.24, 2.45) is 0 Å². The van der Waals surface area contributed by atoms with Gasteiger partial charge in [-0.05, 0) is 35.4 Å². The number of nitro benzene ring substituents is 1. The number of halogens is 1. The minimum Gasteiger partial charge on any atom is -0.363 e. The van der Waals surface area contributed by atoms with E-state index in [0.29, 0.717) is 5.69 Å². The van der Waals surface area contributed by atoms with Crippen molar-refractivity contribution in [3.8, 4) is 11.1 Å². The highest BCUT2D eigenvalue weighted by Gasteiger charge is 2.23. The number of nitrogens with zero attached hydrogens (tertiary/aromatic N) is 4. The Bertz CT molecular complexity index is 1000. The molecule has 6 nitrogen and oxygen atoms in total. The largest absolute Gasteiger partial charge is 0.363 e. The van der Waals surface area contributed by atoms with Gasteiger partial charge in [0.25, 0.3) is 5.69 Å². The highest BCUT2D eigenvalue weighted by atomic mass is 19.1. The Morgan fingerprint density at radius 2 is 1.69 bits per heavy atom. The fraction of sp³-hybridized carbons (Fsp3) is 0.227. The molecule has 2 aromatic carbocycles. The number of rotatable bonds is 5. The second-order valence-corrected chi connectivity index (χ2v) is 7.10. The number of benzene rings is 2. The molecule has 0 radical (unpaired) electrons. The molecule has 0 amide bonds. The Morgan fingerprint density at radius 1 is 0.966 bits per heavy atom. The van der Waals surface area contributed by atoms with Crippen LogP contribution in [-0.2, 0) is 6.54 Å². The minimum absolute atomic E-state index is 0.150. The van der Waals surface area contributed by atoms with Gasteiger partial charge in [0, 0.05) is 56.7 Å². The van der Waals surface area contributed by atoms with Gasteiger partial charge in [-0.15, -0.1) is 0 Å². The Balaban J connectivity index is 1.41. The molecule has 3 aromatic rings. The van der Waals surface area contributed by atoms with Crippen molar-refractivity contribution in [2.75, 3.05) is 31.1 Å². The lowest BCUT2D eigenvalue weighted by Gasteiger charge is -2.35. The Morgan fingerprint density at radius 3 is 2.41 bits per heavy atom. The zero-order valence-electron chi connectivity index (χ0n) is 15.9. The number of anilines is 1. The molecule has 0 N–H and O–H groups in total. The molecule has 4 rings (SSSR count). The van der Waals surface area contributed by atoms with Gasteiger partial charge in [0.05, 0.1) is 4.92 Å². The standard InChI is InChI=1S/C22H21FN4O2/c23-20-7-5-18(6-8-20)19-13-17(14-24-15-19)16-25-9-11-26(12-10-25)21-3-1-2-4-22(21)27(28)29/h1-8,13-15H,9-12,16H2. The van der Waals surface area contributed by atoms with Crippen LogP contribution in [0.15, 0.2) is 67.0 Å². The van der Waals surface area contributed by atoms with E-state index in [1.807, 2.05) is 18.3 Å². The molecular weight excluding hydrogens is 371 g/mol. The molecule has 0 spiro atoms. The molecular formula is C22H21FN4O2. The van der Waals surface area contributed by atoms with Gasteiger partial charge in [0.2, 0.25) is 0 Å². The number of pyridine rings is 1. The Labute approximate surface area is 168 Å². The van der Waals surface area contributed by atoms with Crippen molar-refractivity contribution in [3.05, 3.63) is 88.5 Å². The third kappa shape index (κ3) is 4.41. The van der Waals surface area contributed by atoms with Crippen LogP contribution in [0, 0.1) is 15.9 Å². The van der Waals surface area contributed by atoms with Crippen LogP contribution in [0.1, 0.15) is 5.56 Å². The maximum atomic E-state index is 13.2. The normalized spacial score (nSPS) is 14.7. The maximum absolute atomic E-state index is 13.2. The van der Waals surface area contributed by atoms with Gasteiger partial charge in [-0.2, -0.15) is 0 Å². The summed E-state index contributed by atoms with van der Waals surface area (Å²) < 4.78 is 13.2. The van der Waals surface area contributed by atoms with Crippen LogP contribution in [0.5, 0.6) is 0 Å². The first kappa shape index (κ1) is 19.0. The Kier molecular flexibility index (Phi) is 5.48. The lowest BCUT2D eigenvalue weighted by atomic mass is 10.1. The molecule has 1 aromatic heterocycles.